The van der Waals surface area contributed by atoms with Crippen molar-refractivity contribution in [3.05, 3.63) is 55.0 Å². The van der Waals surface area contributed by atoms with Gasteiger partial charge in [0.1, 0.15) is 9.85 Å². The average molecular weight is 338 g/mol. The number of furan rings is 2. The third-order valence-electron chi connectivity index (χ3n) is 3.06. The fourth-order valence-corrected chi connectivity index (χ4v) is 2.07. The molecule has 24 heavy (non-hydrogen) atoms. The molecule has 0 spiro atoms. The third-order valence-corrected chi connectivity index (χ3v) is 3.06. The van der Waals surface area contributed by atoms with E-state index < -0.39 is 44.9 Å². The minimum atomic E-state index is -1.01. The molecule has 12 nitrogen and oxygen atoms in total. The highest BCUT2D eigenvalue weighted by Gasteiger charge is 2.25. The summed E-state index contributed by atoms with van der Waals surface area (Å²) in [6.45, 7) is 0. The smallest absolute Gasteiger partial charge is 0.395 e. The van der Waals surface area contributed by atoms with Crippen LogP contribution in [0.1, 0.15) is 32.2 Å². The Labute approximate surface area is 132 Å². The van der Waals surface area contributed by atoms with Gasteiger partial charge < -0.3 is 20.3 Å². The van der Waals surface area contributed by atoms with E-state index >= 15 is 0 Å². The summed E-state index contributed by atoms with van der Waals surface area (Å²) in [5, 5.41) is 21.4. The Morgan fingerprint density at radius 2 is 1.21 bits per heavy atom. The van der Waals surface area contributed by atoms with Gasteiger partial charge in [-0.25, -0.2) is 0 Å². The third kappa shape index (κ3) is 3.21. The van der Waals surface area contributed by atoms with Crippen LogP contribution in [-0.2, 0) is 12.8 Å². The quantitative estimate of drug-likeness (QED) is 0.541. The summed E-state index contributed by atoms with van der Waals surface area (Å²) in [5.74, 6) is -4.17. The SMILES string of the molecule is NC(=O)c1oc([N+](=O)[O-])cc1CCc1cc([N+](=O)[O-])oc1C(N)=O. The number of amides is 2. The zero-order valence-corrected chi connectivity index (χ0v) is 11.9. The van der Waals surface area contributed by atoms with Gasteiger partial charge in [-0.2, -0.15) is 0 Å². The Morgan fingerprint density at radius 1 is 0.875 bits per heavy atom. The number of hydrogen-bond acceptors (Lipinski definition) is 8. The van der Waals surface area contributed by atoms with Crippen molar-refractivity contribution < 1.29 is 28.3 Å². The first-order chi connectivity index (χ1) is 11.2. The van der Waals surface area contributed by atoms with E-state index in [4.69, 9.17) is 20.3 Å². The lowest BCUT2D eigenvalue weighted by atomic mass is 10.0. The summed E-state index contributed by atoms with van der Waals surface area (Å²) in [6.07, 6.45) is -0.0425. The monoisotopic (exact) mass is 338 g/mol. The number of carbonyl (C=O) groups excluding carboxylic acids is 2. The summed E-state index contributed by atoms with van der Waals surface area (Å²) in [6, 6.07) is 2.02. The Hall–Kier alpha value is -3.70. The van der Waals surface area contributed by atoms with Crippen molar-refractivity contribution in [3.63, 3.8) is 0 Å². The molecule has 0 bridgehead atoms. The molecule has 0 aliphatic heterocycles. The van der Waals surface area contributed by atoms with Crippen LogP contribution in [0.5, 0.6) is 0 Å². The second-order valence-corrected chi connectivity index (χ2v) is 4.62. The van der Waals surface area contributed by atoms with Gasteiger partial charge in [-0.3, -0.25) is 29.8 Å². The minimum Gasteiger partial charge on any atom is -0.395 e. The molecule has 2 aromatic heterocycles. The fraction of sp³-hybridized carbons (Fsp3) is 0.167. The topological polar surface area (TPSA) is 199 Å². The Balaban J connectivity index is 2.31. The molecule has 12 heteroatoms. The van der Waals surface area contributed by atoms with Crippen molar-refractivity contribution in [2.24, 2.45) is 11.5 Å². The van der Waals surface area contributed by atoms with Crippen LogP contribution in [0.15, 0.2) is 21.0 Å². The Morgan fingerprint density at radius 3 is 1.46 bits per heavy atom. The van der Waals surface area contributed by atoms with E-state index in [2.05, 4.69) is 0 Å². The van der Waals surface area contributed by atoms with Crippen molar-refractivity contribution in [1.82, 2.24) is 0 Å². The lowest BCUT2D eigenvalue weighted by Crippen LogP contribution is -2.14. The summed E-state index contributed by atoms with van der Waals surface area (Å²) in [5.41, 5.74) is 10.4. The van der Waals surface area contributed by atoms with Gasteiger partial charge in [0.2, 0.25) is 11.5 Å². The van der Waals surface area contributed by atoms with Crippen molar-refractivity contribution in [2.45, 2.75) is 12.8 Å². The van der Waals surface area contributed by atoms with Gasteiger partial charge in [0.05, 0.1) is 12.1 Å². The van der Waals surface area contributed by atoms with E-state index in [0.29, 0.717) is 0 Å². The molecule has 0 radical (unpaired) electrons. The molecule has 2 aromatic rings. The number of primary amides is 2. The molecule has 0 saturated heterocycles. The molecule has 0 aliphatic rings. The fourth-order valence-electron chi connectivity index (χ4n) is 2.07. The predicted molar refractivity (Wildman–Crippen MR) is 75.2 cm³/mol. The standard InChI is InChI=1S/C12H10N4O8/c13-11(17)9-5(3-7(23-9)15(19)20)1-2-6-4-8(16(21)22)24-10(6)12(14)18/h3-4H,1-2H2,(H2,13,17)(H2,14,18). The normalized spacial score (nSPS) is 10.5. The van der Waals surface area contributed by atoms with E-state index in [9.17, 15) is 29.8 Å². The largest absolute Gasteiger partial charge is 0.433 e. The highest BCUT2D eigenvalue weighted by atomic mass is 16.7. The maximum absolute atomic E-state index is 11.3. The van der Waals surface area contributed by atoms with Crippen molar-refractivity contribution in [3.8, 4) is 0 Å². The summed E-state index contributed by atoms with van der Waals surface area (Å²) < 4.78 is 9.50. The zero-order chi connectivity index (χ0) is 18.0. The molecule has 0 aliphatic carbocycles. The van der Waals surface area contributed by atoms with Crippen LogP contribution in [-0.4, -0.2) is 21.7 Å². The van der Waals surface area contributed by atoms with E-state index in [1.165, 1.54) is 0 Å². The highest BCUT2D eigenvalue weighted by molar-refractivity contribution is 5.92. The molecule has 0 unspecified atom stereocenters. The van der Waals surface area contributed by atoms with Crippen LogP contribution < -0.4 is 11.5 Å². The van der Waals surface area contributed by atoms with Gasteiger partial charge in [0.25, 0.3) is 11.8 Å². The first-order valence-corrected chi connectivity index (χ1v) is 6.34. The maximum atomic E-state index is 11.3. The summed E-state index contributed by atoms with van der Waals surface area (Å²) in [4.78, 5) is 42.2. The van der Waals surface area contributed by atoms with Crippen LogP contribution >= 0.6 is 0 Å². The first kappa shape index (κ1) is 16.7. The molecular formula is C12H10N4O8. The molecule has 0 aromatic carbocycles. The minimum absolute atomic E-state index is 0.0212. The predicted octanol–water partition coefficient (Wildman–Crippen LogP) is 0.672. The van der Waals surface area contributed by atoms with Crippen LogP contribution in [0.2, 0.25) is 0 Å². The number of nitro groups is 2. The lowest BCUT2D eigenvalue weighted by molar-refractivity contribution is -0.402. The molecule has 0 saturated carbocycles. The number of rotatable bonds is 7. The van der Waals surface area contributed by atoms with Crippen LogP contribution in [0.3, 0.4) is 0 Å². The van der Waals surface area contributed by atoms with Gasteiger partial charge in [-0.1, -0.05) is 0 Å². The summed E-state index contributed by atoms with van der Waals surface area (Å²) >= 11 is 0. The second-order valence-electron chi connectivity index (χ2n) is 4.62. The average Bonchev–Trinajstić information content (AvgIpc) is 3.09. The van der Waals surface area contributed by atoms with Crippen LogP contribution in [0.25, 0.3) is 0 Å². The summed E-state index contributed by atoms with van der Waals surface area (Å²) in [7, 11) is 0. The molecule has 2 heterocycles. The second kappa shape index (κ2) is 6.20. The maximum Gasteiger partial charge on any atom is 0.433 e. The molecule has 2 rings (SSSR count). The molecule has 0 atom stereocenters. The van der Waals surface area contributed by atoms with Crippen molar-refractivity contribution >= 4 is 23.6 Å². The van der Waals surface area contributed by atoms with E-state index in [-0.39, 0.29) is 24.0 Å². The van der Waals surface area contributed by atoms with Gasteiger partial charge in [0.15, 0.2) is 0 Å². The van der Waals surface area contributed by atoms with Gasteiger partial charge in [0, 0.05) is 11.1 Å². The van der Waals surface area contributed by atoms with Crippen molar-refractivity contribution in [2.75, 3.05) is 0 Å². The molecule has 126 valence electrons. The molecule has 2 amide bonds. The van der Waals surface area contributed by atoms with Crippen molar-refractivity contribution in [1.29, 1.82) is 0 Å². The van der Waals surface area contributed by atoms with Gasteiger partial charge in [-0.15, -0.1) is 0 Å². The lowest BCUT2D eigenvalue weighted by Gasteiger charge is -1.99. The molecule has 0 fully saturated rings. The van der Waals surface area contributed by atoms with Gasteiger partial charge in [-0.05, 0) is 12.8 Å². The highest BCUT2D eigenvalue weighted by Crippen LogP contribution is 2.26. The number of carbonyl (C=O) groups is 2. The number of hydrogen-bond donors (Lipinski definition) is 2. The number of nitrogens with zero attached hydrogens (tertiary/aromatic N) is 2. The van der Waals surface area contributed by atoms with Gasteiger partial charge >= 0.3 is 11.8 Å². The van der Waals surface area contributed by atoms with Crippen LogP contribution in [0.4, 0.5) is 11.8 Å². The molecular weight excluding hydrogens is 328 g/mol. The number of aryl methyl sites for hydroxylation is 2. The zero-order valence-electron chi connectivity index (χ0n) is 11.9. The Kier molecular flexibility index (Phi) is 4.30. The Bertz CT molecular complexity index is 779. The first-order valence-electron chi connectivity index (χ1n) is 6.34. The molecule has 4 N–H and O–H groups in total. The van der Waals surface area contributed by atoms with E-state index in [1.807, 2.05) is 0 Å². The van der Waals surface area contributed by atoms with E-state index in [0.717, 1.165) is 12.1 Å². The van der Waals surface area contributed by atoms with E-state index in [1.54, 1.807) is 0 Å². The van der Waals surface area contributed by atoms with Crippen LogP contribution in [0, 0.1) is 20.2 Å². The number of nitrogens with two attached hydrogens (primary N) is 2.